The van der Waals surface area contributed by atoms with E-state index in [4.69, 9.17) is 22.1 Å². The lowest BCUT2D eigenvalue weighted by Crippen LogP contribution is -2.36. The van der Waals surface area contributed by atoms with Crippen LogP contribution in [0.3, 0.4) is 0 Å². The van der Waals surface area contributed by atoms with Crippen molar-refractivity contribution in [1.82, 2.24) is 15.0 Å². The van der Waals surface area contributed by atoms with Crippen molar-refractivity contribution in [2.24, 2.45) is 5.73 Å². The van der Waals surface area contributed by atoms with E-state index in [1.807, 2.05) is 30.3 Å². The van der Waals surface area contributed by atoms with Gasteiger partial charge in [-0.1, -0.05) is 29.8 Å². The third kappa shape index (κ3) is 3.51. The molecule has 0 saturated carbocycles. The Labute approximate surface area is 161 Å². The molecule has 1 aliphatic rings. The van der Waals surface area contributed by atoms with Crippen LogP contribution in [-0.4, -0.2) is 47.2 Å². The Morgan fingerprint density at radius 2 is 1.93 bits per heavy atom. The maximum atomic E-state index is 11.9. The molecule has 1 fully saturated rings. The number of rotatable bonds is 4. The number of hydrogen-bond acceptors (Lipinski definition) is 5. The zero-order valence-corrected chi connectivity index (χ0v) is 15.2. The fourth-order valence-electron chi connectivity index (χ4n) is 3.10. The van der Waals surface area contributed by atoms with Crippen LogP contribution < -0.4 is 10.6 Å². The first-order chi connectivity index (χ1) is 13.1. The van der Waals surface area contributed by atoms with Crippen LogP contribution in [0.1, 0.15) is 10.5 Å². The lowest BCUT2D eigenvalue weighted by Gasteiger charge is -2.28. The first-order valence-electron chi connectivity index (χ1n) is 8.56. The van der Waals surface area contributed by atoms with Crippen LogP contribution in [0, 0.1) is 0 Å². The highest BCUT2D eigenvalue weighted by molar-refractivity contribution is 6.33. The van der Waals surface area contributed by atoms with Gasteiger partial charge in [-0.25, -0.2) is 9.97 Å². The lowest BCUT2D eigenvalue weighted by molar-refractivity contribution is 0.0996. The molecule has 3 N–H and O–H groups in total. The monoisotopic (exact) mass is 383 g/mol. The highest BCUT2D eigenvalue weighted by Gasteiger charge is 2.19. The molecule has 1 aliphatic heterocycles. The summed E-state index contributed by atoms with van der Waals surface area (Å²) in [4.78, 5) is 26.0. The van der Waals surface area contributed by atoms with Gasteiger partial charge in [0, 0.05) is 23.7 Å². The van der Waals surface area contributed by atoms with Gasteiger partial charge in [0.2, 0.25) is 0 Å². The summed E-state index contributed by atoms with van der Waals surface area (Å²) in [6.07, 6.45) is 3.34. The van der Waals surface area contributed by atoms with E-state index in [0.717, 1.165) is 30.0 Å². The molecule has 2 aromatic heterocycles. The molecule has 1 aromatic carbocycles. The van der Waals surface area contributed by atoms with Crippen LogP contribution in [0.25, 0.3) is 22.6 Å². The van der Waals surface area contributed by atoms with E-state index >= 15 is 0 Å². The number of carbonyl (C=O) groups excluding carboxylic acids is 1. The van der Waals surface area contributed by atoms with E-state index < -0.39 is 5.91 Å². The summed E-state index contributed by atoms with van der Waals surface area (Å²) in [7, 11) is 0. The highest BCUT2D eigenvalue weighted by atomic mass is 35.5. The molecule has 0 radical (unpaired) electrons. The van der Waals surface area contributed by atoms with Crippen molar-refractivity contribution in [2.75, 3.05) is 31.2 Å². The minimum absolute atomic E-state index is 0.173. The third-order valence-electron chi connectivity index (χ3n) is 4.48. The van der Waals surface area contributed by atoms with Gasteiger partial charge < -0.3 is 20.4 Å². The first kappa shape index (κ1) is 17.5. The number of nitrogens with zero attached hydrogens (tertiary/aromatic N) is 3. The number of morpholine rings is 1. The van der Waals surface area contributed by atoms with Crippen LogP contribution in [0.5, 0.6) is 0 Å². The molecular formula is C19H18ClN5O2. The number of benzene rings is 1. The average Bonchev–Trinajstić information content (AvgIpc) is 3.18. The molecule has 1 saturated heterocycles. The quantitative estimate of drug-likeness (QED) is 0.722. The Hall–Kier alpha value is -2.90. The van der Waals surface area contributed by atoms with Crippen LogP contribution in [0.15, 0.2) is 42.7 Å². The molecule has 0 aliphatic carbocycles. The van der Waals surface area contributed by atoms with E-state index in [1.54, 1.807) is 12.4 Å². The summed E-state index contributed by atoms with van der Waals surface area (Å²) in [5, 5.41) is 0.614. The Morgan fingerprint density at radius 3 is 2.67 bits per heavy atom. The molecule has 3 heterocycles. The van der Waals surface area contributed by atoms with E-state index in [0.29, 0.717) is 29.6 Å². The SMILES string of the molecule is NC(=O)c1ncc(N2CCOCC2)cc1-c1ncc(-c2ccccc2Cl)[nH]1. The summed E-state index contributed by atoms with van der Waals surface area (Å²) in [5.41, 5.74) is 8.74. The summed E-state index contributed by atoms with van der Waals surface area (Å²) in [6.45, 7) is 2.84. The van der Waals surface area contributed by atoms with Gasteiger partial charge in [-0.3, -0.25) is 4.79 Å². The second kappa shape index (κ2) is 7.38. The maximum Gasteiger partial charge on any atom is 0.268 e. The predicted molar refractivity (Wildman–Crippen MR) is 104 cm³/mol. The summed E-state index contributed by atoms with van der Waals surface area (Å²) in [5.74, 6) is -0.0875. The van der Waals surface area contributed by atoms with Crippen LogP contribution in [0.4, 0.5) is 5.69 Å². The number of primary amides is 1. The zero-order chi connectivity index (χ0) is 18.8. The number of nitrogens with one attached hydrogen (secondary N) is 1. The Bertz CT molecular complexity index is 982. The first-order valence-corrected chi connectivity index (χ1v) is 8.94. The van der Waals surface area contributed by atoms with Crippen molar-refractivity contribution < 1.29 is 9.53 Å². The van der Waals surface area contributed by atoms with Crippen LogP contribution in [-0.2, 0) is 4.74 Å². The molecule has 138 valence electrons. The molecule has 4 rings (SSSR count). The van der Waals surface area contributed by atoms with Gasteiger partial charge in [-0.15, -0.1) is 0 Å². The summed E-state index contributed by atoms with van der Waals surface area (Å²) in [6, 6.07) is 9.36. The number of carbonyl (C=O) groups is 1. The van der Waals surface area contributed by atoms with Gasteiger partial charge in [0.25, 0.3) is 5.91 Å². The summed E-state index contributed by atoms with van der Waals surface area (Å²) < 4.78 is 5.39. The van der Waals surface area contributed by atoms with Crippen molar-refractivity contribution >= 4 is 23.2 Å². The topological polar surface area (TPSA) is 97.1 Å². The molecule has 0 bridgehead atoms. The number of aromatic amines is 1. The number of amides is 1. The molecule has 0 atom stereocenters. The third-order valence-corrected chi connectivity index (χ3v) is 4.81. The van der Waals surface area contributed by atoms with Gasteiger partial charge in [-0.2, -0.15) is 0 Å². The van der Waals surface area contributed by atoms with Crippen molar-refractivity contribution in [3.63, 3.8) is 0 Å². The van der Waals surface area contributed by atoms with Crippen molar-refractivity contribution in [2.45, 2.75) is 0 Å². The normalized spacial score (nSPS) is 14.3. The standard InChI is InChI=1S/C19H18ClN5O2/c20-15-4-2-1-3-13(15)16-11-23-19(24-16)14-9-12(10-22-17(14)18(21)26)25-5-7-27-8-6-25/h1-4,9-11H,5-8H2,(H2,21,26)(H,23,24). The lowest BCUT2D eigenvalue weighted by atomic mass is 10.1. The van der Waals surface area contributed by atoms with Crippen molar-refractivity contribution in [3.05, 3.63) is 53.4 Å². The molecule has 7 nitrogen and oxygen atoms in total. The number of pyridine rings is 1. The van der Waals surface area contributed by atoms with Gasteiger partial charge >= 0.3 is 0 Å². The van der Waals surface area contributed by atoms with E-state index in [1.165, 1.54) is 0 Å². The smallest absolute Gasteiger partial charge is 0.268 e. The van der Waals surface area contributed by atoms with E-state index in [-0.39, 0.29) is 5.69 Å². The molecular weight excluding hydrogens is 366 g/mol. The Balaban J connectivity index is 1.75. The number of H-pyrrole nitrogens is 1. The second-order valence-electron chi connectivity index (χ2n) is 6.18. The number of aromatic nitrogens is 3. The largest absolute Gasteiger partial charge is 0.378 e. The van der Waals surface area contributed by atoms with E-state index in [9.17, 15) is 4.79 Å². The highest BCUT2D eigenvalue weighted by Crippen LogP contribution is 2.30. The molecule has 3 aromatic rings. The molecule has 0 unspecified atom stereocenters. The number of hydrogen-bond donors (Lipinski definition) is 2. The van der Waals surface area contributed by atoms with Crippen LogP contribution in [0.2, 0.25) is 5.02 Å². The van der Waals surface area contributed by atoms with Crippen LogP contribution >= 0.6 is 11.6 Å². The minimum atomic E-state index is -0.603. The number of anilines is 1. The predicted octanol–water partition coefficient (Wildman–Crippen LogP) is 2.73. The number of imidazole rings is 1. The van der Waals surface area contributed by atoms with Gasteiger partial charge in [0.05, 0.1) is 42.6 Å². The van der Waals surface area contributed by atoms with Gasteiger partial charge in [0.15, 0.2) is 0 Å². The average molecular weight is 384 g/mol. The van der Waals surface area contributed by atoms with E-state index in [2.05, 4.69) is 19.9 Å². The number of nitrogens with two attached hydrogens (primary N) is 1. The van der Waals surface area contributed by atoms with Gasteiger partial charge in [-0.05, 0) is 12.1 Å². The molecule has 27 heavy (non-hydrogen) atoms. The van der Waals surface area contributed by atoms with Crippen molar-refractivity contribution in [3.8, 4) is 22.6 Å². The van der Waals surface area contributed by atoms with Crippen molar-refractivity contribution in [1.29, 1.82) is 0 Å². The molecule has 1 amide bonds. The minimum Gasteiger partial charge on any atom is -0.378 e. The zero-order valence-electron chi connectivity index (χ0n) is 14.5. The molecule has 8 heteroatoms. The Kier molecular flexibility index (Phi) is 4.79. The Morgan fingerprint density at radius 1 is 1.15 bits per heavy atom. The fraction of sp³-hybridized carbons (Fsp3) is 0.211. The molecule has 0 spiro atoms. The maximum absolute atomic E-state index is 11.9. The summed E-state index contributed by atoms with van der Waals surface area (Å²) >= 11 is 6.27. The number of halogens is 1. The van der Waals surface area contributed by atoms with Gasteiger partial charge in [0.1, 0.15) is 11.5 Å². The second-order valence-corrected chi connectivity index (χ2v) is 6.59. The fourth-order valence-corrected chi connectivity index (χ4v) is 3.34. The number of ether oxygens (including phenoxy) is 1.